The lowest BCUT2D eigenvalue weighted by Gasteiger charge is -2.35. The van der Waals surface area contributed by atoms with Gasteiger partial charge >= 0.3 is 0 Å². The van der Waals surface area contributed by atoms with E-state index >= 15 is 0 Å². The molecule has 0 aliphatic heterocycles. The molecular weight excluding hydrogens is 268 g/mol. The Labute approximate surface area is 112 Å². The average Bonchev–Trinajstić information content (AvgIpc) is 2.70. The molecule has 0 spiro atoms. The van der Waals surface area contributed by atoms with Crippen molar-refractivity contribution < 1.29 is 13.5 Å². The molecule has 1 aliphatic carbocycles. The van der Waals surface area contributed by atoms with E-state index in [1.54, 1.807) is 7.05 Å². The minimum Gasteiger partial charge on any atom is -0.394 e. The molecule has 0 unspecified atom stereocenters. The highest BCUT2D eigenvalue weighted by Gasteiger charge is 2.37. The van der Waals surface area contributed by atoms with Gasteiger partial charge in [0.15, 0.2) is 5.82 Å². The number of nitrogen functional groups attached to an aromatic ring is 1. The number of nitrogens with zero attached hydrogens (tertiary/aromatic N) is 2. The minimum absolute atomic E-state index is 0.0288. The molecule has 1 aromatic heterocycles. The molecule has 4 N–H and O–H groups in total. The van der Waals surface area contributed by atoms with Crippen molar-refractivity contribution in [3.63, 3.8) is 0 Å². The number of aromatic nitrogens is 2. The Morgan fingerprint density at radius 1 is 1.47 bits per heavy atom. The first-order valence-electron chi connectivity index (χ1n) is 6.32. The molecule has 0 saturated heterocycles. The fraction of sp³-hybridized carbons (Fsp3) is 0.727. The van der Waals surface area contributed by atoms with Crippen molar-refractivity contribution in [2.75, 3.05) is 12.3 Å². The maximum Gasteiger partial charge on any atom is 0.246 e. The van der Waals surface area contributed by atoms with E-state index in [1.165, 1.54) is 10.9 Å². The van der Waals surface area contributed by atoms with Gasteiger partial charge in [0.1, 0.15) is 4.90 Å². The quantitative estimate of drug-likeness (QED) is 0.721. The number of nitrogens with two attached hydrogens (primary N) is 1. The molecule has 1 heterocycles. The first kappa shape index (κ1) is 14.3. The third-order valence-electron chi connectivity index (χ3n) is 3.58. The van der Waals surface area contributed by atoms with Gasteiger partial charge in [0.2, 0.25) is 10.0 Å². The zero-order valence-electron chi connectivity index (χ0n) is 11.0. The molecule has 7 nitrogen and oxygen atoms in total. The molecule has 0 aromatic carbocycles. The van der Waals surface area contributed by atoms with Crippen LogP contribution in [0.25, 0.3) is 0 Å². The van der Waals surface area contributed by atoms with Gasteiger partial charge in [0, 0.05) is 13.2 Å². The molecule has 1 aromatic rings. The topological polar surface area (TPSA) is 110 Å². The molecule has 0 bridgehead atoms. The largest absolute Gasteiger partial charge is 0.394 e. The van der Waals surface area contributed by atoms with Crippen LogP contribution in [0, 0.1) is 0 Å². The van der Waals surface area contributed by atoms with Gasteiger partial charge in [-0.05, 0) is 12.8 Å². The van der Waals surface area contributed by atoms with Crippen molar-refractivity contribution in [1.82, 2.24) is 14.5 Å². The maximum atomic E-state index is 12.3. The van der Waals surface area contributed by atoms with Crippen LogP contribution in [0.1, 0.15) is 32.1 Å². The summed E-state index contributed by atoms with van der Waals surface area (Å²) in [5.74, 6) is -0.0288. The summed E-state index contributed by atoms with van der Waals surface area (Å²) in [6, 6.07) is 0. The van der Waals surface area contributed by atoms with E-state index in [2.05, 4.69) is 9.82 Å². The van der Waals surface area contributed by atoms with Crippen molar-refractivity contribution >= 4 is 15.8 Å². The van der Waals surface area contributed by atoms with Gasteiger partial charge < -0.3 is 10.8 Å². The smallest absolute Gasteiger partial charge is 0.246 e. The molecule has 0 radical (unpaired) electrons. The van der Waals surface area contributed by atoms with E-state index in [0.717, 1.165) is 19.3 Å². The Morgan fingerprint density at radius 3 is 2.58 bits per heavy atom. The number of hydrogen-bond acceptors (Lipinski definition) is 5. The normalized spacial score (nSPS) is 19.5. The van der Waals surface area contributed by atoms with Gasteiger partial charge in [-0.25, -0.2) is 13.1 Å². The van der Waals surface area contributed by atoms with Gasteiger partial charge in [0.25, 0.3) is 0 Å². The lowest BCUT2D eigenvalue weighted by Crippen LogP contribution is -2.52. The van der Waals surface area contributed by atoms with E-state index < -0.39 is 15.6 Å². The van der Waals surface area contributed by atoms with Gasteiger partial charge in [0.05, 0.1) is 12.1 Å². The zero-order chi connectivity index (χ0) is 14.1. The second kappa shape index (κ2) is 5.10. The summed E-state index contributed by atoms with van der Waals surface area (Å²) in [5, 5.41) is 13.4. The van der Waals surface area contributed by atoms with Crippen molar-refractivity contribution in [1.29, 1.82) is 0 Å². The maximum absolute atomic E-state index is 12.3. The lowest BCUT2D eigenvalue weighted by atomic mass is 9.83. The Bertz CT molecular complexity index is 546. The number of anilines is 1. The summed E-state index contributed by atoms with van der Waals surface area (Å²) in [4.78, 5) is -0.0339. The molecule has 19 heavy (non-hydrogen) atoms. The molecule has 8 heteroatoms. The Hall–Kier alpha value is -1.12. The van der Waals surface area contributed by atoms with Crippen LogP contribution in [0.15, 0.2) is 11.1 Å². The summed E-state index contributed by atoms with van der Waals surface area (Å²) in [7, 11) is -2.15. The SMILES string of the molecule is Cn1cc(S(=O)(=O)NC2(CO)CCCCC2)c(N)n1. The monoisotopic (exact) mass is 288 g/mol. The highest BCUT2D eigenvalue weighted by molar-refractivity contribution is 7.89. The molecular formula is C11H20N4O3S. The number of rotatable bonds is 4. The summed E-state index contributed by atoms with van der Waals surface area (Å²) in [6.45, 7) is -0.202. The van der Waals surface area contributed by atoms with Crippen LogP contribution in [0.4, 0.5) is 5.82 Å². The fourth-order valence-corrected chi connectivity index (χ4v) is 4.11. The highest BCUT2D eigenvalue weighted by atomic mass is 32.2. The molecule has 2 rings (SSSR count). The second-order valence-electron chi connectivity index (χ2n) is 5.16. The van der Waals surface area contributed by atoms with Crippen LogP contribution in [-0.2, 0) is 17.1 Å². The molecule has 0 amide bonds. The summed E-state index contributed by atoms with van der Waals surface area (Å²) >= 11 is 0. The number of aliphatic hydroxyl groups is 1. The molecule has 108 valence electrons. The zero-order valence-corrected chi connectivity index (χ0v) is 11.8. The van der Waals surface area contributed by atoms with E-state index in [9.17, 15) is 13.5 Å². The van der Waals surface area contributed by atoms with Gasteiger partial charge in [-0.15, -0.1) is 0 Å². The van der Waals surface area contributed by atoms with Crippen molar-refractivity contribution in [3.8, 4) is 0 Å². The number of aliphatic hydroxyl groups excluding tert-OH is 1. The molecule has 1 fully saturated rings. The van der Waals surface area contributed by atoms with Crippen molar-refractivity contribution in [2.45, 2.75) is 42.5 Å². The van der Waals surface area contributed by atoms with Crippen LogP contribution in [0.5, 0.6) is 0 Å². The predicted octanol–water partition coefficient (Wildman–Crippen LogP) is -0.0242. The van der Waals surface area contributed by atoms with E-state index in [4.69, 9.17) is 5.73 Å². The van der Waals surface area contributed by atoms with Crippen molar-refractivity contribution in [2.24, 2.45) is 7.05 Å². The van der Waals surface area contributed by atoms with Crippen LogP contribution < -0.4 is 10.5 Å². The highest BCUT2D eigenvalue weighted by Crippen LogP contribution is 2.30. The van der Waals surface area contributed by atoms with E-state index in [0.29, 0.717) is 12.8 Å². The number of sulfonamides is 1. The standard InChI is InChI=1S/C11H20N4O3S/c1-15-7-9(10(12)13-15)19(17,18)14-11(8-16)5-3-2-4-6-11/h7,14,16H,2-6,8H2,1H3,(H2,12,13). The Morgan fingerprint density at radius 2 is 2.11 bits per heavy atom. The van der Waals surface area contributed by atoms with Crippen LogP contribution in [0.3, 0.4) is 0 Å². The summed E-state index contributed by atoms with van der Waals surface area (Å²) in [5.41, 5.74) is 4.84. The predicted molar refractivity (Wildman–Crippen MR) is 70.8 cm³/mol. The van der Waals surface area contributed by atoms with E-state index in [-0.39, 0.29) is 17.3 Å². The minimum atomic E-state index is -3.76. The van der Waals surface area contributed by atoms with Gasteiger partial charge in [-0.3, -0.25) is 4.68 Å². The van der Waals surface area contributed by atoms with Crippen LogP contribution >= 0.6 is 0 Å². The van der Waals surface area contributed by atoms with Crippen molar-refractivity contribution in [3.05, 3.63) is 6.20 Å². The summed E-state index contributed by atoms with van der Waals surface area (Å²) < 4.78 is 28.7. The second-order valence-corrected chi connectivity index (χ2v) is 6.81. The third kappa shape index (κ3) is 2.90. The van der Waals surface area contributed by atoms with Crippen LogP contribution in [0.2, 0.25) is 0 Å². The number of hydrogen-bond donors (Lipinski definition) is 3. The number of nitrogens with one attached hydrogen (secondary N) is 1. The fourth-order valence-electron chi connectivity index (χ4n) is 2.55. The Balaban J connectivity index is 2.27. The Kier molecular flexibility index (Phi) is 3.84. The molecule has 1 aliphatic rings. The first-order chi connectivity index (χ1) is 8.88. The summed E-state index contributed by atoms with van der Waals surface area (Å²) in [6.07, 6.45) is 5.53. The first-order valence-corrected chi connectivity index (χ1v) is 7.81. The molecule has 1 saturated carbocycles. The number of aryl methyl sites for hydroxylation is 1. The average molecular weight is 288 g/mol. The van der Waals surface area contributed by atoms with Crippen LogP contribution in [-0.4, -0.2) is 35.5 Å². The molecule has 0 atom stereocenters. The third-order valence-corrected chi connectivity index (χ3v) is 5.17. The van der Waals surface area contributed by atoms with Gasteiger partial charge in [-0.1, -0.05) is 19.3 Å². The van der Waals surface area contributed by atoms with Gasteiger partial charge in [-0.2, -0.15) is 5.10 Å². The lowest BCUT2D eigenvalue weighted by molar-refractivity contribution is 0.142. The van der Waals surface area contributed by atoms with E-state index in [1.807, 2.05) is 0 Å².